The van der Waals surface area contributed by atoms with Crippen LogP contribution in [0.25, 0.3) is 0 Å². The van der Waals surface area contributed by atoms with Crippen LogP contribution in [0.1, 0.15) is 18.9 Å². The van der Waals surface area contributed by atoms with Crippen molar-refractivity contribution in [2.24, 2.45) is 5.92 Å². The van der Waals surface area contributed by atoms with Crippen LogP contribution in [0.15, 0.2) is 24.3 Å². The van der Waals surface area contributed by atoms with Crippen molar-refractivity contribution in [1.29, 1.82) is 0 Å². The van der Waals surface area contributed by atoms with Crippen LogP contribution in [0.5, 0.6) is 0 Å². The molecule has 1 aliphatic rings. The van der Waals surface area contributed by atoms with Crippen LogP contribution in [-0.2, 0) is 15.3 Å². The van der Waals surface area contributed by atoms with Gasteiger partial charge in [-0.15, -0.1) is 11.8 Å². The monoisotopic (exact) mass is 311 g/mol. The maximum atomic E-state index is 12.8. The lowest BCUT2D eigenvalue weighted by Gasteiger charge is -2.23. The Kier molecular flexibility index (Phi) is 5.22. The Hall–Kier alpha value is -1.56. The van der Waals surface area contributed by atoms with Crippen LogP contribution >= 0.6 is 11.8 Å². The van der Waals surface area contributed by atoms with E-state index in [9.17, 15) is 19.1 Å². The molecule has 0 saturated carbocycles. The van der Waals surface area contributed by atoms with Crippen molar-refractivity contribution < 1.29 is 19.1 Å². The third-order valence-corrected chi connectivity index (χ3v) is 4.67. The lowest BCUT2D eigenvalue weighted by molar-refractivity contribution is -0.148. The van der Waals surface area contributed by atoms with Crippen molar-refractivity contribution in [2.75, 3.05) is 12.3 Å². The number of thioether (sulfide) groups is 1. The van der Waals surface area contributed by atoms with Gasteiger partial charge in [0.2, 0.25) is 5.91 Å². The number of carboxylic acids is 1. The van der Waals surface area contributed by atoms with Crippen LogP contribution in [0.2, 0.25) is 0 Å². The van der Waals surface area contributed by atoms with E-state index in [0.29, 0.717) is 12.3 Å². The van der Waals surface area contributed by atoms with Gasteiger partial charge in [-0.05, 0) is 30.0 Å². The van der Waals surface area contributed by atoms with Crippen molar-refractivity contribution in [3.63, 3.8) is 0 Å². The molecule has 21 heavy (non-hydrogen) atoms. The van der Waals surface area contributed by atoms with E-state index >= 15 is 0 Å². The molecule has 1 heterocycles. The Bertz CT molecular complexity index is 520. The van der Waals surface area contributed by atoms with Crippen LogP contribution in [0, 0.1) is 11.7 Å². The highest BCUT2D eigenvalue weighted by atomic mass is 32.2. The van der Waals surface area contributed by atoms with Gasteiger partial charge in [-0.25, -0.2) is 9.18 Å². The molecule has 1 amide bonds. The Morgan fingerprint density at radius 3 is 2.67 bits per heavy atom. The Morgan fingerprint density at radius 1 is 1.38 bits per heavy atom. The highest BCUT2D eigenvalue weighted by Gasteiger charge is 2.39. The molecule has 1 aromatic rings. The summed E-state index contributed by atoms with van der Waals surface area (Å²) in [6, 6.07) is 5.44. The van der Waals surface area contributed by atoms with Crippen LogP contribution in [0.4, 0.5) is 4.39 Å². The van der Waals surface area contributed by atoms with Gasteiger partial charge in [0.1, 0.15) is 11.9 Å². The molecule has 1 fully saturated rings. The van der Waals surface area contributed by atoms with E-state index in [1.165, 1.54) is 28.8 Å². The van der Waals surface area contributed by atoms with Gasteiger partial charge in [-0.1, -0.05) is 19.1 Å². The van der Waals surface area contributed by atoms with E-state index in [0.717, 1.165) is 12.0 Å². The number of nitrogens with zero attached hydrogens (tertiary/aromatic N) is 1. The molecule has 1 aromatic carbocycles. The molecule has 1 aliphatic heterocycles. The fraction of sp³-hybridized carbons (Fsp3) is 0.467. The Balaban J connectivity index is 1.84. The molecule has 1 saturated heterocycles. The number of amides is 1. The number of carbonyl (C=O) groups excluding carboxylic acids is 1. The minimum Gasteiger partial charge on any atom is -0.480 e. The van der Waals surface area contributed by atoms with Gasteiger partial charge in [0.15, 0.2) is 0 Å². The summed E-state index contributed by atoms with van der Waals surface area (Å²) in [5, 5.41) is 9.20. The topological polar surface area (TPSA) is 57.6 Å². The van der Waals surface area contributed by atoms with E-state index < -0.39 is 12.0 Å². The molecule has 0 spiro atoms. The van der Waals surface area contributed by atoms with E-state index in [1.54, 1.807) is 12.1 Å². The van der Waals surface area contributed by atoms with Gasteiger partial charge in [0, 0.05) is 12.3 Å². The van der Waals surface area contributed by atoms with Crippen molar-refractivity contribution >= 4 is 23.6 Å². The first kappa shape index (κ1) is 15.8. The summed E-state index contributed by atoms with van der Waals surface area (Å²) in [4.78, 5) is 24.8. The van der Waals surface area contributed by atoms with Crippen molar-refractivity contribution in [3.8, 4) is 0 Å². The Labute approximate surface area is 127 Å². The number of halogens is 1. The highest BCUT2D eigenvalue weighted by molar-refractivity contribution is 7.99. The van der Waals surface area contributed by atoms with Crippen LogP contribution < -0.4 is 0 Å². The third kappa shape index (κ3) is 3.97. The van der Waals surface area contributed by atoms with Gasteiger partial charge in [-0.2, -0.15) is 0 Å². The zero-order valence-electron chi connectivity index (χ0n) is 11.8. The number of carboxylic acid groups (broad SMARTS) is 1. The predicted octanol–water partition coefficient (Wildman–Crippen LogP) is 2.38. The zero-order valence-corrected chi connectivity index (χ0v) is 12.6. The van der Waals surface area contributed by atoms with E-state index in [-0.39, 0.29) is 23.4 Å². The summed E-state index contributed by atoms with van der Waals surface area (Å²) in [5.74, 6) is -0.513. The summed E-state index contributed by atoms with van der Waals surface area (Å²) in [7, 11) is 0. The number of hydrogen-bond acceptors (Lipinski definition) is 3. The lowest BCUT2D eigenvalue weighted by atomic mass is 10.0. The molecule has 2 rings (SSSR count). The van der Waals surface area contributed by atoms with Gasteiger partial charge in [-0.3, -0.25) is 4.79 Å². The number of aliphatic carboxylic acids is 1. The number of rotatable bonds is 5. The van der Waals surface area contributed by atoms with Crippen molar-refractivity contribution in [2.45, 2.75) is 25.1 Å². The maximum Gasteiger partial charge on any atom is 0.326 e. The number of hydrogen-bond donors (Lipinski definition) is 1. The van der Waals surface area contributed by atoms with Gasteiger partial charge in [0.25, 0.3) is 0 Å². The lowest BCUT2D eigenvalue weighted by Crippen LogP contribution is -2.43. The van der Waals surface area contributed by atoms with Crippen molar-refractivity contribution in [1.82, 2.24) is 4.90 Å². The Morgan fingerprint density at radius 2 is 2.05 bits per heavy atom. The second-order valence-electron chi connectivity index (χ2n) is 5.26. The molecule has 0 radical (unpaired) electrons. The molecule has 1 N–H and O–H groups in total. The fourth-order valence-corrected chi connectivity index (χ4v) is 3.39. The summed E-state index contributed by atoms with van der Waals surface area (Å²) in [5.41, 5.74) is 0.943. The van der Waals surface area contributed by atoms with Gasteiger partial charge in [0.05, 0.1) is 5.75 Å². The van der Waals surface area contributed by atoms with Crippen LogP contribution in [-0.4, -0.2) is 40.2 Å². The van der Waals surface area contributed by atoms with E-state index in [1.807, 2.05) is 6.92 Å². The average molecular weight is 311 g/mol. The zero-order chi connectivity index (χ0) is 15.4. The van der Waals surface area contributed by atoms with E-state index in [2.05, 4.69) is 0 Å². The van der Waals surface area contributed by atoms with Gasteiger partial charge < -0.3 is 10.0 Å². The molecule has 2 atom stereocenters. The first-order chi connectivity index (χ1) is 9.99. The molecular formula is C15H18FNO3S. The SMILES string of the molecule is CC1CCN(C(=O)CSCc2ccc(F)cc2)C1C(=O)O. The van der Waals surface area contributed by atoms with Gasteiger partial charge >= 0.3 is 5.97 Å². The molecule has 114 valence electrons. The smallest absolute Gasteiger partial charge is 0.326 e. The first-order valence-electron chi connectivity index (χ1n) is 6.83. The molecule has 0 bridgehead atoms. The van der Waals surface area contributed by atoms with E-state index in [4.69, 9.17) is 0 Å². The molecule has 0 aliphatic carbocycles. The largest absolute Gasteiger partial charge is 0.480 e. The summed E-state index contributed by atoms with van der Waals surface area (Å²) in [6.45, 7) is 2.37. The molecular weight excluding hydrogens is 293 g/mol. The molecule has 4 nitrogen and oxygen atoms in total. The third-order valence-electron chi connectivity index (χ3n) is 3.68. The minimum atomic E-state index is -0.933. The quantitative estimate of drug-likeness (QED) is 0.907. The molecule has 0 aromatic heterocycles. The standard InChI is InChI=1S/C15H18FNO3S/c1-10-6-7-17(14(10)15(19)20)13(18)9-21-8-11-2-4-12(16)5-3-11/h2-5,10,14H,6-9H2,1H3,(H,19,20). The summed E-state index contributed by atoms with van der Waals surface area (Å²) in [6.07, 6.45) is 0.728. The van der Waals surface area contributed by atoms with Crippen molar-refractivity contribution in [3.05, 3.63) is 35.6 Å². The normalized spacial score (nSPS) is 21.5. The number of likely N-dealkylation sites (tertiary alicyclic amines) is 1. The first-order valence-corrected chi connectivity index (χ1v) is 7.99. The predicted molar refractivity (Wildman–Crippen MR) is 79.5 cm³/mol. The number of benzene rings is 1. The maximum absolute atomic E-state index is 12.8. The minimum absolute atomic E-state index is 0.00597. The summed E-state index contributed by atoms with van der Waals surface area (Å²) < 4.78 is 12.8. The molecule has 6 heteroatoms. The number of carbonyl (C=O) groups is 2. The van der Waals surface area contributed by atoms with Crippen LogP contribution in [0.3, 0.4) is 0 Å². The molecule has 2 unspecified atom stereocenters. The highest BCUT2D eigenvalue weighted by Crippen LogP contribution is 2.25. The summed E-state index contributed by atoms with van der Waals surface area (Å²) >= 11 is 1.42. The average Bonchev–Trinajstić information content (AvgIpc) is 2.83. The fourth-order valence-electron chi connectivity index (χ4n) is 2.52. The second-order valence-corrected chi connectivity index (χ2v) is 6.24. The second kappa shape index (κ2) is 6.93.